The molecular weight excluding hydrogens is 204 g/mol. The maximum atomic E-state index is 10.1. The Morgan fingerprint density at radius 3 is 1.25 bits per heavy atom. The molecule has 4 N–H and O–H groups in total. The summed E-state index contributed by atoms with van der Waals surface area (Å²) in [4.78, 5) is 20.2. The molecule has 0 aromatic rings. The van der Waals surface area contributed by atoms with Crippen LogP contribution in [0.1, 0.15) is 65.2 Å². The average Bonchev–Trinajstić information content (AvgIpc) is 2.18. The van der Waals surface area contributed by atoms with Gasteiger partial charge in [0, 0.05) is 12.8 Å². The number of nitrogens with two attached hydrogens (primary N) is 2. The van der Waals surface area contributed by atoms with Crippen molar-refractivity contribution in [3.63, 3.8) is 0 Å². The number of unbranched alkanes of at least 4 members (excludes halogenated alkanes) is 4. The number of hydrogen-bond donors (Lipinski definition) is 2. The summed E-state index contributed by atoms with van der Waals surface area (Å²) in [5.74, 6) is -0.364. The van der Waals surface area contributed by atoms with Crippen LogP contribution in [0.25, 0.3) is 0 Å². The first kappa shape index (κ1) is 17.3. The number of carbonyl (C=O) groups excluding carboxylic acids is 2. The van der Waals surface area contributed by atoms with Gasteiger partial charge >= 0.3 is 0 Å². The monoisotopic (exact) mass is 230 g/mol. The van der Waals surface area contributed by atoms with Crippen LogP contribution in [0.5, 0.6) is 0 Å². The van der Waals surface area contributed by atoms with Crippen LogP contribution < -0.4 is 11.5 Å². The van der Waals surface area contributed by atoms with Crippen molar-refractivity contribution in [3.8, 4) is 0 Å². The highest BCUT2D eigenvalue weighted by atomic mass is 16.1. The first-order valence-corrected chi connectivity index (χ1v) is 6.11. The summed E-state index contributed by atoms with van der Waals surface area (Å²) in [5.41, 5.74) is 9.79. The summed E-state index contributed by atoms with van der Waals surface area (Å²) in [6.07, 6.45) is 7.52. The molecule has 0 aliphatic carbocycles. The van der Waals surface area contributed by atoms with Gasteiger partial charge in [0.2, 0.25) is 11.8 Å². The highest BCUT2D eigenvalue weighted by molar-refractivity contribution is 5.73. The Balaban J connectivity index is 0. The molecule has 0 aliphatic heterocycles. The minimum absolute atomic E-state index is 0.182. The lowest BCUT2D eigenvalue weighted by molar-refractivity contribution is -0.119. The van der Waals surface area contributed by atoms with Gasteiger partial charge in [0.1, 0.15) is 0 Å². The summed E-state index contributed by atoms with van der Waals surface area (Å²) < 4.78 is 0. The standard InChI is InChI=1S/2C6H13NO/c2*1-2-3-4-5-6(7)8/h2*2-5H2,1H3,(H2,7,8). The van der Waals surface area contributed by atoms with Crippen LogP contribution in [-0.4, -0.2) is 11.8 Å². The predicted molar refractivity (Wildman–Crippen MR) is 66.7 cm³/mol. The smallest absolute Gasteiger partial charge is 0.217 e. The van der Waals surface area contributed by atoms with Gasteiger partial charge in [-0.25, -0.2) is 0 Å². The van der Waals surface area contributed by atoms with Crippen molar-refractivity contribution in [1.29, 1.82) is 0 Å². The minimum Gasteiger partial charge on any atom is -0.370 e. The third kappa shape index (κ3) is 23.1. The van der Waals surface area contributed by atoms with Gasteiger partial charge in [-0.05, 0) is 12.8 Å². The van der Waals surface area contributed by atoms with Gasteiger partial charge in [0.25, 0.3) is 0 Å². The SMILES string of the molecule is CCCCCC(N)=O.CCCCCC(N)=O. The topological polar surface area (TPSA) is 86.2 Å². The molecule has 16 heavy (non-hydrogen) atoms. The average molecular weight is 230 g/mol. The molecule has 0 saturated heterocycles. The van der Waals surface area contributed by atoms with E-state index in [2.05, 4.69) is 13.8 Å². The molecule has 0 unspecified atom stereocenters. The number of primary amides is 2. The Bertz CT molecular complexity index is 162. The molecule has 0 spiro atoms. The van der Waals surface area contributed by atoms with Gasteiger partial charge in [-0.15, -0.1) is 0 Å². The van der Waals surface area contributed by atoms with Crippen molar-refractivity contribution >= 4 is 11.8 Å². The molecule has 0 rings (SSSR count). The summed E-state index contributed by atoms with van der Waals surface area (Å²) in [6.45, 7) is 4.20. The zero-order valence-electron chi connectivity index (χ0n) is 10.6. The Kier molecular flexibility index (Phi) is 15.1. The van der Waals surface area contributed by atoms with Crippen LogP contribution in [0.4, 0.5) is 0 Å². The molecule has 0 atom stereocenters. The molecule has 4 heteroatoms. The minimum atomic E-state index is -0.182. The van der Waals surface area contributed by atoms with E-state index in [0.29, 0.717) is 12.8 Å². The molecule has 0 aromatic carbocycles. The molecule has 96 valence electrons. The number of hydrogen-bond acceptors (Lipinski definition) is 2. The van der Waals surface area contributed by atoms with Crippen molar-refractivity contribution in [3.05, 3.63) is 0 Å². The lowest BCUT2D eigenvalue weighted by Gasteiger charge is -1.90. The van der Waals surface area contributed by atoms with Crippen LogP contribution in [0, 0.1) is 0 Å². The van der Waals surface area contributed by atoms with E-state index in [0.717, 1.165) is 38.5 Å². The number of carbonyl (C=O) groups is 2. The van der Waals surface area contributed by atoms with Crippen LogP contribution in [-0.2, 0) is 9.59 Å². The highest BCUT2D eigenvalue weighted by Crippen LogP contribution is 1.96. The third-order valence-corrected chi connectivity index (χ3v) is 2.05. The molecule has 0 aromatic heterocycles. The third-order valence-electron chi connectivity index (χ3n) is 2.05. The van der Waals surface area contributed by atoms with E-state index in [9.17, 15) is 9.59 Å². The molecule has 2 amide bonds. The second kappa shape index (κ2) is 13.9. The molecule has 0 radical (unpaired) electrons. The maximum absolute atomic E-state index is 10.1. The van der Waals surface area contributed by atoms with E-state index in [4.69, 9.17) is 11.5 Å². The van der Waals surface area contributed by atoms with E-state index in [-0.39, 0.29) is 11.8 Å². The summed E-state index contributed by atoms with van der Waals surface area (Å²) in [5, 5.41) is 0. The Morgan fingerprint density at radius 1 is 0.750 bits per heavy atom. The fourth-order valence-corrected chi connectivity index (χ4v) is 1.10. The van der Waals surface area contributed by atoms with Crippen LogP contribution in [0.2, 0.25) is 0 Å². The summed E-state index contributed by atoms with van der Waals surface area (Å²) >= 11 is 0. The van der Waals surface area contributed by atoms with Crippen molar-refractivity contribution in [2.24, 2.45) is 11.5 Å². The van der Waals surface area contributed by atoms with Crippen LogP contribution >= 0.6 is 0 Å². The van der Waals surface area contributed by atoms with Gasteiger partial charge in [-0.3, -0.25) is 9.59 Å². The van der Waals surface area contributed by atoms with E-state index in [1.54, 1.807) is 0 Å². The first-order valence-electron chi connectivity index (χ1n) is 6.11. The number of amides is 2. The first-order chi connectivity index (χ1) is 7.54. The van der Waals surface area contributed by atoms with Gasteiger partial charge in [-0.2, -0.15) is 0 Å². The van der Waals surface area contributed by atoms with Crippen molar-refractivity contribution in [1.82, 2.24) is 0 Å². The Labute approximate surface area is 98.8 Å². The maximum Gasteiger partial charge on any atom is 0.217 e. The van der Waals surface area contributed by atoms with E-state index in [1.807, 2.05) is 0 Å². The van der Waals surface area contributed by atoms with Crippen molar-refractivity contribution in [2.45, 2.75) is 65.2 Å². The molecule has 0 saturated carbocycles. The number of rotatable bonds is 8. The second-order valence-electron chi connectivity index (χ2n) is 3.85. The molecule has 0 aliphatic rings. The molecular formula is C12H26N2O2. The predicted octanol–water partition coefficient (Wildman–Crippen LogP) is 2.10. The summed E-state index contributed by atoms with van der Waals surface area (Å²) in [7, 11) is 0. The second-order valence-corrected chi connectivity index (χ2v) is 3.85. The highest BCUT2D eigenvalue weighted by Gasteiger charge is 1.91. The lowest BCUT2D eigenvalue weighted by atomic mass is 10.2. The lowest BCUT2D eigenvalue weighted by Crippen LogP contribution is -2.09. The fourth-order valence-electron chi connectivity index (χ4n) is 1.10. The van der Waals surface area contributed by atoms with Crippen molar-refractivity contribution < 1.29 is 9.59 Å². The van der Waals surface area contributed by atoms with Gasteiger partial charge in [0.05, 0.1) is 0 Å². The molecule has 4 nitrogen and oxygen atoms in total. The zero-order chi connectivity index (χ0) is 12.8. The Morgan fingerprint density at radius 2 is 1.06 bits per heavy atom. The van der Waals surface area contributed by atoms with Crippen LogP contribution in [0.15, 0.2) is 0 Å². The van der Waals surface area contributed by atoms with Crippen LogP contribution in [0.3, 0.4) is 0 Å². The molecule has 0 bridgehead atoms. The molecule has 0 fully saturated rings. The quantitative estimate of drug-likeness (QED) is 0.626. The van der Waals surface area contributed by atoms with E-state index < -0.39 is 0 Å². The zero-order valence-corrected chi connectivity index (χ0v) is 10.6. The fraction of sp³-hybridized carbons (Fsp3) is 0.833. The van der Waals surface area contributed by atoms with Crippen molar-refractivity contribution in [2.75, 3.05) is 0 Å². The Hall–Kier alpha value is -1.06. The summed E-state index contributed by atoms with van der Waals surface area (Å²) in [6, 6.07) is 0. The molecule has 0 heterocycles. The van der Waals surface area contributed by atoms with E-state index in [1.165, 1.54) is 0 Å². The largest absolute Gasteiger partial charge is 0.370 e. The normalized spacial score (nSPS) is 9.12. The van der Waals surface area contributed by atoms with Gasteiger partial charge in [-0.1, -0.05) is 39.5 Å². The van der Waals surface area contributed by atoms with Gasteiger partial charge < -0.3 is 11.5 Å². The van der Waals surface area contributed by atoms with E-state index >= 15 is 0 Å². The van der Waals surface area contributed by atoms with Gasteiger partial charge in [0.15, 0.2) is 0 Å².